The van der Waals surface area contributed by atoms with Crippen LogP contribution in [-0.4, -0.2) is 6.17 Å². The zero-order chi connectivity index (χ0) is 28.6. The lowest BCUT2D eigenvalue weighted by Crippen LogP contribution is -2.24. The number of hydrogen-bond acceptors (Lipinski definition) is 1. The summed E-state index contributed by atoms with van der Waals surface area (Å²) in [5.74, 6) is -6.26. The molecule has 39 heavy (non-hydrogen) atoms. The van der Waals surface area contributed by atoms with Crippen molar-refractivity contribution in [2.24, 2.45) is 5.92 Å². The first-order valence-corrected chi connectivity index (χ1v) is 11.3. The van der Waals surface area contributed by atoms with E-state index in [1.165, 1.54) is 19.1 Å². The van der Waals surface area contributed by atoms with Crippen LogP contribution in [0.3, 0.4) is 0 Å². The molecule has 0 aliphatic heterocycles. The highest BCUT2D eigenvalue weighted by molar-refractivity contribution is 5.65. The summed E-state index contributed by atoms with van der Waals surface area (Å²) in [4.78, 5) is 0. The first-order valence-electron chi connectivity index (χ1n) is 11.3. The molecule has 4 rings (SSSR count). The van der Waals surface area contributed by atoms with Crippen molar-refractivity contribution in [1.29, 1.82) is 0 Å². The van der Waals surface area contributed by atoms with Gasteiger partial charge in [-0.2, -0.15) is 8.78 Å². The third kappa shape index (κ3) is 5.82. The van der Waals surface area contributed by atoms with E-state index in [1.807, 2.05) is 0 Å². The van der Waals surface area contributed by atoms with Gasteiger partial charge in [-0.25, -0.2) is 30.7 Å². The van der Waals surface area contributed by atoms with E-state index in [0.717, 1.165) is 12.1 Å². The van der Waals surface area contributed by atoms with Gasteiger partial charge in [0.1, 0.15) is 34.9 Å². The number of allylic oxidation sites excluding steroid dienone is 3. The molecule has 0 amide bonds. The molecule has 0 N–H and O–H groups in total. The van der Waals surface area contributed by atoms with E-state index in [1.54, 1.807) is 6.92 Å². The highest BCUT2D eigenvalue weighted by Gasteiger charge is 2.42. The molecule has 0 bridgehead atoms. The SMILES string of the molecule is CC1=CC(OC(F)(F)c2c(F)cc(-c3ccc(C)cc3F)cc2F)=CC(F)C1C#Cc1cc(F)c(F)c(F)c1. The average Bonchev–Trinajstić information content (AvgIpc) is 2.80. The lowest BCUT2D eigenvalue weighted by atomic mass is 9.90. The maximum Gasteiger partial charge on any atom is 0.432 e. The van der Waals surface area contributed by atoms with Gasteiger partial charge in [0, 0.05) is 11.1 Å². The Kier molecular flexibility index (Phi) is 7.55. The number of aryl methyl sites for hydroxylation is 1. The van der Waals surface area contributed by atoms with Crippen LogP contribution in [-0.2, 0) is 10.8 Å². The van der Waals surface area contributed by atoms with Crippen molar-refractivity contribution < 1.29 is 44.3 Å². The number of halogens is 9. The molecule has 1 aliphatic rings. The van der Waals surface area contributed by atoms with Crippen LogP contribution in [0.2, 0.25) is 0 Å². The van der Waals surface area contributed by atoms with Gasteiger partial charge in [-0.05, 0) is 67.5 Å². The van der Waals surface area contributed by atoms with Crippen LogP contribution in [0.1, 0.15) is 23.6 Å². The zero-order valence-electron chi connectivity index (χ0n) is 20.2. The summed E-state index contributed by atoms with van der Waals surface area (Å²) in [6.45, 7) is 2.90. The molecule has 0 spiro atoms. The fourth-order valence-corrected chi connectivity index (χ4v) is 3.97. The van der Waals surface area contributed by atoms with E-state index in [2.05, 4.69) is 16.6 Å². The number of rotatable bonds is 4. The number of ether oxygens (including phenoxy) is 1. The van der Waals surface area contributed by atoms with Crippen molar-refractivity contribution in [2.75, 3.05) is 0 Å². The van der Waals surface area contributed by atoms with Gasteiger partial charge in [0.15, 0.2) is 17.5 Å². The van der Waals surface area contributed by atoms with Crippen molar-refractivity contribution in [3.05, 3.63) is 118 Å². The Hall–Kier alpha value is -4.13. The molecule has 0 saturated carbocycles. The molecule has 0 saturated heterocycles. The highest BCUT2D eigenvalue weighted by Crippen LogP contribution is 2.39. The molecule has 2 unspecified atom stereocenters. The summed E-state index contributed by atoms with van der Waals surface area (Å²) >= 11 is 0. The van der Waals surface area contributed by atoms with Crippen molar-refractivity contribution >= 4 is 0 Å². The summed E-state index contributed by atoms with van der Waals surface area (Å²) in [7, 11) is 0. The quantitative estimate of drug-likeness (QED) is 0.179. The van der Waals surface area contributed by atoms with E-state index in [9.17, 15) is 39.5 Å². The smallest absolute Gasteiger partial charge is 0.429 e. The minimum atomic E-state index is -4.59. The number of hydrogen-bond donors (Lipinski definition) is 0. The molecule has 3 aromatic rings. The van der Waals surface area contributed by atoms with Gasteiger partial charge in [0.25, 0.3) is 0 Å². The van der Waals surface area contributed by atoms with Crippen molar-refractivity contribution in [3.63, 3.8) is 0 Å². The highest BCUT2D eigenvalue weighted by atomic mass is 19.3. The summed E-state index contributed by atoms with van der Waals surface area (Å²) in [5, 5.41) is 0. The second-order valence-corrected chi connectivity index (χ2v) is 8.82. The van der Waals surface area contributed by atoms with Gasteiger partial charge < -0.3 is 4.74 Å². The van der Waals surface area contributed by atoms with E-state index in [-0.39, 0.29) is 22.3 Å². The Bertz CT molecular complexity index is 1530. The zero-order valence-corrected chi connectivity index (χ0v) is 20.2. The third-order valence-corrected chi connectivity index (χ3v) is 5.87. The summed E-state index contributed by atoms with van der Waals surface area (Å²) in [5.41, 5.74) is -1.98. The van der Waals surface area contributed by atoms with Gasteiger partial charge in [-0.1, -0.05) is 29.5 Å². The summed E-state index contributed by atoms with van der Waals surface area (Å²) < 4.78 is 132. The Balaban J connectivity index is 1.57. The largest absolute Gasteiger partial charge is 0.432 e. The van der Waals surface area contributed by atoms with Gasteiger partial charge in [-0.15, -0.1) is 0 Å². The van der Waals surface area contributed by atoms with Crippen LogP contribution in [0, 0.1) is 59.6 Å². The first kappa shape index (κ1) is 27.9. The van der Waals surface area contributed by atoms with E-state index < -0.39 is 64.4 Å². The average molecular weight is 552 g/mol. The fraction of sp³-hybridized carbons (Fsp3) is 0.172. The molecule has 0 aromatic heterocycles. The standard InChI is InChI=1S/C29H17F9O/c1-14-3-5-20(21(30)7-14)17-11-23(32)27(24(33)12-17)29(37,38)39-18-8-15(2)19(22(31)13-18)6-4-16-9-25(34)28(36)26(35)10-16/h3,5,7-13,19,22H,1-2H3. The molecule has 0 fully saturated rings. The molecule has 0 radical (unpaired) electrons. The number of alkyl halides is 3. The Morgan fingerprint density at radius 2 is 1.41 bits per heavy atom. The second-order valence-electron chi connectivity index (χ2n) is 8.82. The lowest BCUT2D eigenvalue weighted by Gasteiger charge is -2.25. The van der Waals surface area contributed by atoms with Crippen LogP contribution in [0.25, 0.3) is 11.1 Å². The lowest BCUT2D eigenvalue weighted by molar-refractivity contribution is -0.225. The first-order chi connectivity index (χ1) is 18.3. The van der Waals surface area contributed by atoms with Gasteiger partial charge in [-0.3, -0.25) is 0 Å². The Morgan fingerprint density at radius 3 is 1.97 bits per heavy atom. The fourth-order valence-electron chi connectivity index (χ4n) is 3.97. The molecular formula is C29H17F9O. The molecule has 202 valence electrons. The Labute approximate surface area is 217 Å². The molecule has 1 nitrogen and oxygen atoms in total. The molecular weight excluding hydrogens is 535 g/mol. The van der Waals surface area contributed by atoms with Crippen LogP contribution in [0.4, 0.5) is 39.5 Å². The molecule has 10 heteroatoms. The van der Waals surface area contributed by atoms with Crippen LogP contribution in [0.15, 0.2) is 65.9 Å². The van der Waals surface area contributed by atoms with Gasteiger partial charge in [0.05, 0.1) is 5.92 Å². The van der Waals surface area contributed by atoms with Crippen LogP contribution < -0.4 is 0 Å². The van der Waals surface area contributed by atoms with E-state index in [4.69, 9.17) is 0 Å². The monoisotopic (exact) mass is 552 g/mol. The third-order valence-electron chi connectivity index (χ3n) is 5.87. The van der Waals surface area contributed by atoms with Gasteiger partial charge >= 0.3 is 6.11 Å². The van der Waals surface area contributed by atoms with Crippen molar-refractivity contribution in [2.45, 2.75) is 26.1 Å². The van der Waals surface area contributed by atoms with Crippen molar-refractivity contribution in [1.82, 2.24) is 0 Å². The molecule has 1 aliphatic carbocycles. The summed E-state index contributed by atoms with van der Waals surface area (Å²) in [6.07, 6.45) is -5.09. The Morgan fingerprint density at radius 1 is 0.795 bits per heavy atom. The second kappa shape index (κ2) is 10.6. The predicted molar refractivity (Wildman–Crippen MR) is 125 cm³/mol. The maximum absolute atomic E-state index is 14.9. The van der Waals surface area contributed by atoms with Gasteiger partial charge in [0.2, 0.25) is 0 Å². The normalized spacial score (nSPS) is 17.2. The van der Waals surface area contributed by atoms with Crippen LogP contribution >= 0.6 is 0 Å². The van der Waals surface area contributed by atoms with Crippen molar-refractivity contribution in [3.8, 4) is 23.0 Å². The number of benzene rings is 3. The van der Waals surface area contributed by atoms with Crippen LogP contribution in [0.5, 0.6) is 0 Å². The molecule has 0 heterocycles. The topological polar surface area (TPSA) is 9.23 Å². The molecule has 2 atom stereocenters. The van der Waals surface area contributed by atoms with E-state index in [0.29, 0.717) is 35.9 Å². The summed E-state index contributed by atoms with van der Waals surface area (Å²) in [6, 6.07) is 6.11. The molecule has 3 aromatic carbocycles. The maximum atomic E-state index is 14.9. The predicted octanol–water partition coefficient (Wildman–Crippen LogP) is 8.41. The minimum Gasteiger partial charge on any atom is -0.429 e. The van der Waals surface area contributed by atoms with E-state index >= 15 is 0 Å². The minimum absolute atomic E-state index is 0.0532.